The summed E-state index contributed by atoms with van der Waals surface area (Å²) < 4.78 is 13.4. The van der Waals surface area contributed by atoms with Gasteiger partial charge in [0.2, 0.25) is 5.91 Å². The van der Waals surface area contributed by atoms with Crippen molar-refractivity contribution in [3.63, 3.8) is 0 Å². The lowest BCUT2D eigenvalue weighted by molar-refractivity contribution is -0.121. The highest BCUT2D eigenvalue weighted by atomic mass is 19.1. The lowest BCUT2D eigenvalue weighted by Crippen LogP contribution is -2.48. The third kappa shape index (κ3) is 2.79. The molecule has 0 saturated heterocycles. The van der Waals surface area contributed by atoms with Crippen molar-refractivity contribution in [1.29, 1.82) is 0 Å². The molecule has 0 saturated carbocycles. The summed E-state index contributed by atoms with van der Waals surface area (Å²) in [6.45, 7) is 5.31. The van der Waals surface area contributed by atoms with E-state index < -0.39 is 11.4 Å². The maximum atomic E-state index is 13.4. The molecular weight excluding hydrogens is 207 g/mol. The Morgan fingerprint density at radius 2 is 2.00 bits per heavy atom. The minimum absolute atomic E-state index is 0.216. The van der Waals surface area contributed by atoms with E-state index in [-0.39, 0.29) is 11.6 Å². The van der Waals surface area contributed by atoms with E-state index in [1.54, 1.807) is 33.0 Å². The van der Waals surface area contributed by atoms with Gasteiger partial charge in [0.1, 0.15) is 5.82 Å². The van der Waals surface area contributed by atoms with Gasteiger partial charge in [-0.25, -0.2) is 4.39 Å². The molecule has 0 aliphatic carbocycles. The molecule has 1 aromatic rings. The standard InChI is InChI=1S/C12H17FN2O/c1-8-5-6-9(13)10(7-8)15-11(16)12(2,3)14-4/h5-7,14H,1-4H3,(H,15,16). The van der Waals surface area contributed by atoms with Crippen molar-refractivity contribution >= 4 is 11.6 Å². The van der Waals surface area contributed by atoms with Gasteiger partial charge < -0.3 is 10.6 Å². The highest BCUT2D eigenvalue weighted by Gasteiger charge is 2.25. The van der Waals surface area contributed by atoms with Crippen LogP contribution < -0.4 is 10.6 Å². The predicted octanol–water partition coefficient (Wildman–Crippen LogP) is 2.07. The van der Waals surface area contributed by atoms with Gasteiger partial charge in [0.15, 0.2) is 0 Å². The lowest BCUT2D eigenvalue weighted by atomic mass is 10.0. The van der Waals surface area contributed by atoms with Gasteiger partial charge >= 0.3 is 0 Å². The Bertz CT molecular complexity index is 402. The molecule has 0 fully saturated rings. The maximum absolute atomic E-state index is 13.4. The summed E-state index contributed by atoms with van der Waals surface area (Å²) in [7, 11) is 1.69. The second-order valence-electron chi connectivity index (χ2n) is 4.31. The Hall–Kier alpha value is -1.42. The first-order valence-corrected chi connectivity index (χ1v) is 5.13. The SMILES string of the molecule is CNC(C)(C)C(=O)Nc1cc(C)ccc1F. The molecule has 0 spiro atoms. The fraction of sp³-hybridized carbons (Fsp3) is 0.417. The van der Waals surface area contributed by atoms with Crippen LogP contribution in [-0.4, -0.2) is 18.5 Å². The number of benzene rings is 1. The lowest BCUT2D eigenvalue weighted by Gasteiger charge is -2.22. The summed E-state index contributed by atoms with van der Waals surface area (Å²) in [4.78, 5) is 11.8. The zero-order valence-corrected chi connectivity index (χ0v) is 10.0. The van der Waals surface area contributed by atoms with Crippen molar-refractivity contribution in [2.45, 2.75) is 26.3 Å². The van der Waals surface area contributed by atoms with E-state index in [1.165, 1.54) is 6.07 Å². The number of hydrogen-bond acceptors (Lipinski definition) is 2. The Morgan fingerprint density at radius 3 is 2.56 bits per heavy atom. The van der Waals surface area contributed by atoms with Gasteiger partial charge in [0, 0.05) is 0 Å². The number of halogens is 1. The summed E-state index contributed by atoms with van der Waals surface area (Å²) in [6.07, 6.45) is 0. The van der Waals surface area contributed by atoms with E-state index in [9.17, 15) is 9.18 Å². The van der Waals surface area contributed by atoms with E-state index in [2.05, 4.69) is 10.6 Å². The van der Waals surface area contributed by atoms with Crippen molar-refractivity contribution < 1.29 is 9.18 Å². The number of aryl methyl sites for hydroxylation is 1. The molecule has 0 aliphatic heterocycles. The zero-order valence-electron chi connectivity index (χ0n) is 10.0. The van der Waals surface area contributed by atoms with Gasteiger partial charge in [-0.2, -0.15) is 0 Å². The molecule has 0 radical (unpaired) electrons. The van der Waals surface area contributed by atoms with Crippen LogP contribution in [0.5, 0.6) is 0 Å². The molecule has 0 heterocycles. The Balaban J connectivity index is 2.89. The van der Waals surface area contributed by atoms with Crippen LogP contribution in [0.3, 0.4) is 0 Å². The summed E-state index contributed by atoms with van der Waals surface area (Å²) in [5.74, 6) is -0.689. The van der Waals surface area contributed by atoms with Crippen molar-refractivity contribution in [1.82, 2.24) is 5.32 Å². The normalized spacial score (nSPS) is 11.3. The fourth-order valence-corrected chi connectivity index (χ4v) is 1.13. The van der Waals surface area contributed by atoms with Crippen LogP contribution in [0.25, 0.3) is 0 Å². The van der Waals surface area contributed by atoms with Crippen LogP contribution in [0.2, 0.25) is 0 Å². The number of carbonyl (C=O) groups excluding carboxylic acids is 1. The van der Waals surface area contributed by atoms with Crippen LogP contribution in [0.4, 0.5) is 10.1 Å². The summed E-state index contributed by atoms with van der Waals surface area (Å²) in [5.41, 5.74) is 0.392. The third-order valence-electron chi connectivity index (χ3n) is 2.56. The highest BCUT2D eigenvalue weighted by Crippen LogP contribution is 2.17. The Kier molecular flexibility index (Phi) is 3.65. The molecule has 3 nitrogen and oxygen atoms in total. The van der Waals surface area contributed by atoms with Crippen LogP contribution in [0.1, 0.15) is 19.4 Å². The van der Waals surface area contributed by atoms with Crippen molar-refractivity contribution in [3.8, 4) is 0 Å². The molecule has 1 amide bonds. The quantitative estimate of drug-likeness (QED) is 0.825. The average molecular weight is 224 g/mol. The van der Waals surface area contributed by atoms with E-state index in [0.29, 0.717) is 0 Å². The van der Waals surface area contributed by atoms with Gasteiger partial charge in [-0.1, -0.05) is 6.07 Å². The minimum Gasteiger partial charge on any atom is -0.322 e. The summed E-state index contributed by atoms with van der Waals surface area (Å²) >= 11 is 0. The number of anilines is 1. The first kappa shape index (κ1) is 12.6. The van der Waals surface area contributed by atoms with Gasteiger partial charge in [-0.15, -0.1) is 0 Å². The van der Waals surface area contributed by atoms with E-state index in [1.807, 2.05) is 6.92 Å². The smallest absolute Gasteiger partial charge is 0.244 e. The van der Waals surface area contributed by atoms with E-state index >= 15 is 0 Å². The zero-order chi connectivity index (χ0) is 12.3. The molecule has 0 bridgehead atoms. The molecule has 0 aromatic heterocycles. The number of rotatable bonds is 3. The van der Waals surface area contributed by atoms with Crippen LogP contribution in [-0.2, 0) is 4.79 Å². The number of amides is 1. The minimum atomic E-state index is -0.726. The van der Waals surface area contributed by atoms with Crippen LogP contribution in [0, 0.1) is 12.7 Å². The molecule has 88 valence electrons. The van der Waals surface area contributed by atoms with Crippen molar-refractivity contribution in [3.05, 3.63) is 29.6 Å². The number of hydrogen-bond donors (Lipinski definition) is 2. The molecule has 0 aliphatic rings. The van der Waals surface area contributed by atoms with Gasteiger partial charge in [-0.3, -0.25) is 4.79 Å². The monoisotopic (exact) mass is 224 g/mol. The first-order chi connectivity index (χ1) is 7.36. The topological polar surface area (TPSA) is 41.1 Å². The Morgan fingerprint density at radius 1 is 1.38 bits per heavy atom. The van der Waals surface area contributed by atoms with Gasteiger partial charge in [0.05, 0.1) is 11.2 Å². The molecule has 2 N–H and O–H groups in total. The van der Waals surface area contributed by atoms with Crippen LogP contribution >= 0.6 is 0 Å². The van der Waals surface area contributed by atoms with Crippen molar-refractivity contribution in [2.75, 3.05) is 12.4 Å². The second kappa shape index (κ2) is 4.61. The molecule has 4 heteroatoms. The molecular formula is C12H17FN2O. The fourth-order valence-electron chi connectivity index (χ4n) is 1.13. The summed E-state index contributed by atoms with van der Waals surface area (Å²) in [6, 6.07) is 4.62. The molecule has 0 atom stereocenters. The van der Waals surface area contributed by atoms with Gasteiger partial charge in [-0.05, 0) is 45.5 Å². The van der Waals surface area contributed by atoms with Crippen LogP contribution in [0.15, 0.2) is 18.2 Å². The maximum Gasteiger partial charge on any atom is 0.244 e. The highest BCUT2D eigenvalue weighted by molar-refractivity contribution is 5.97. The van der Waals surface area contributed by atoms with E-state index in [4.69, 9.17) is 0 Å². The molecule has 16 heavy (non-hydrogen) atoms. The largest absolute Gasteiger partial charge is 0.322 e. The third-order valence-corrected chi connectivity index (χ3v) is 2.56. The van der Waals surface area contributed by atoms with Gasteiger partial charge in [0.25, 0.3) is 0 Å². The number of likely N-dealkylation sites (N-methyl/N-ethyl adjacent to an activating group) is 1. The van der Waals surface area contributed by atoms with E-state index in [0.717, 1.165) is 5.56 Å². The molecule has 1 aromatic carbocycles. The second-order valence-corrected chi connectivity index (χ2v) is 4.31. The average Bonchev–Trinajstić information content (AvgIpc) is 2.23. The number of nitrogens with one attached hydrogen (secondary N) is 2. The number of carbonyl (C=O) groups is 1. The molecule has 1 rings (SSSR count). The Labute approximate surface area is 95.0 Å². The molecule has 0 unspecified atom stereocenters. The first-order valence-electron chi connectivity index (χ1n) is 5.13. The predicted molar refractivity (Wildman–Crippen MR) is 62.9 cm³/mol. The van der Waals surface area contributed by atoms with Crippen molar-refractivity contribution in [2.24, 2.45) is 0 Å². The summed E-state index contributed by atoms with van der Waals surface area (Å²) in [5, 5.41) is 5.43.